The molecule has 4 aromatic carbocycles. The zero-order valence-electron chi connectivity index (χ0n) is 60.4. The van der Waals surface area contributed by atoms with Crippen molar-refractivity contribution in [2.45, 2.75) is 194 Å². The minimum Gasteiger partial charge on any atom is -0.507 e. The zero-order chi connectivity index (χ0) is 71.2. The van der Waals surface area contributed by atoms with Crippen molar-refractivity contribution in [1.29, 1.82) is 0 Å². The molecular formula is C84H108N8O8. The third-order valence-electron chi connectivity index (χ3n) is 19.8. The highest BCUT2D eigenvalue weighted by Crippen LogP contribution is 2.43. The van der Waals surface area contributed by atoms with Gasteiger partial charge in [-0.3, -0.25) is 18.7 Å². The third kappa shape index (κ3) is 18.7. The Balaban J connectivity index is 0.000000156. The number of benzene rings is 4. The van der Waals surface area contributed by atoms with E-state index in [1.807, 2.05) is 61.2 Å². The van der Waals surface area contributed by atoms with Crippen molar-refractivity contribution in [3.05, 3.63) is 204 Å². The van der Waals surface area contributed by atoms with Gasteiger partial charge in [-0.05, 0) is 228 Å². The number of hydrogen-bond acceptors (Lipinski definition) is 12. The van der Waals surface area contributed by atoms with Gasteiger partial charge < -0.3 is 39.4 Å². The fourth-order valence-electron chi connectivity index (χ4n) is 14.7. The number of ether oxygens (including phenoxy) is 4. The van der Waals surface area contributed by atoms with Gasteiger partial charge in [0.15, 0.2) is 0 Å². The molecule has 0 spiro atoms. The fraction of sp³-hybridized carbons (Fsp3) is 0.429. The normalized spacial score (nSPS) is 17.7. The van der Waals surface area contributed by atoms with Crippen molar-refractivity contribution < 1.29 is 39.4 Å². The van der Waals surface area contributed by atoms with Crippen molar-refractivity contribution >= 4 is 35.5 Å². The Morgan fingerprint density at radius 2 is 0.680 bits per heavy atom. The molecule has 16 heteroatoms. The third-order valence-corrected chi connectivity index (χ3v) is 19.8. The summed E-state index contributed by atoms with van der Waals surface area (Å²) < 4.78 is 32.8. The van der Waals surface area contributed by atoms with E-state index in [2.05, 4.69) is 145 Å². The van der Waals surface area contributed by atoms with E-state index in [1.165, 1.54) is 109 Å². The Bertz CT molecular complexity index is 3790. The number of allylic oxidation sites excluding steroid dienone is 2. The molecule has 4 N–H and O–H groups in total. The molecule has 12 rings (SSSR count). The van der Waals surface area contributed by atoms with Gasteiger partial charge in [-0.15, -0.1) is 0 Å². The van der Waals surface area contributed by atoms with Crippen LogP contribution in [0.2, 0.25) is 0 Å². The van der Waals surface area contributed by atoms with Gasteiger partial charge in [-0.2, -0.15) is 20.4 Å². The average Bonchev–Trinajstić information content (AvgIpc) is 1.48. The molecule has 16 nitrogen and oxygen atoms in total. The summed E-state index contributed by atoms with van der Waals surface area (Å²) in [6, 6.07) is 31.3. The van der Waals surface area contributed by atoms with Crippen LogP contribution in [-0.2, 0) is 0 Å². The van der Waals surface area contributed by atoms with Crippen LogP contribution in [-0.4, -0.2) is 86.0 Å². The molecule has 4 heterocycles. The molecule has 0 radical (unpaired) electrons. The number of aromatic nitrogens is 8. The van der Waals surface area contributed by atoms with E-state index in [4.69, 9.17) is 18.9 Å². The lowest BCUT2D eigenvalue weighted by Gasteiger charge is -2.32. The Labute approximate surface area is 593 Å². The maximum absolute atomic E-state index is 9.97. The highest BCUT2D eigenvalue weighted by molar-refractivity contribution is 5.70. The molecule has 4 atom stereocenters. The van der Waals surface area contributed by atoms with Crippen LogP contribution in [0, 0.1) is 11.8 Å². The van der Waals surface area contributed by atoms with Crippen LogP contribution in [0.3, 0.4) is 0 Å². The Morgan fingerprint density at radius 1 is 0.380 bits per heavy atom. The first kappa shape index (κ1) is 74.8. The van der Waals surface area contributed by atoms with Gasteiger partial charge in [-0.1, -0.05) is 101 Å². The topological polar surface area (TPSA) is 189 Å². The van der Waals surface area contributed by atoms with E-state index >= 15 is 0 Å². The quantitative estimate of drug-likeness (QED) is 0.0449. The summed E-state index contributed by atoms with van der Waals surface area (Å²) in [6.45, 7) is 34.8. The molecule has 4 aromatic heterocycles. The lowest BCUT2D eigenvalue weighted by atomic mass is 9.77. The number of aromatic hydroxyl groups is 4. The van der Waals surface area contributed by atoms with Crippen molar-refractivity contribution in [2.24, 2.45) is 11.8 Å². The van der Waals surface area contributed by atoms with E-state index in [1.54, 1.807) is 60.7 Å². The monoisotopic (exact) mass is 1360 g/mol. The second kappa shape index (κ2) is 36.6. The van der Waals surface area contributed by atoms with Crippen LogP contribution in [0.15, 0.2) is 159 Å². The van der Waals surface area contributed by atoms with Crippen LogP contribution in [0.25, 0.3) is 35.5 Å². The zero-order valence-corrected chi connectivity index (χ0v) is 60.4. The summed E-state index contributed by atoms with van der Waals surface area (Å²) in [5.74, 6) is 5.45. The van der Waals surface area contributed by atoms with Crippen LogP contribution in [0.1, 0.15) is 239 Å². The predicted octanol–water partition coefficient (Wildman–Crippen LogP) is 20.8. The van der Waals surface area contributed by atoms with Gasteiger partial charge >= 0.3 is 0 Å². The van der Waals surface area contributed by atoms with E-state index in [0.29, 0.717) is 120 Å². The molecule has 2 fully saturated rings. The maximum atomic E-state index is 9.97. The first-order valence-corrected chi connectivity index (χ1v) is 36.3. The standard InChI is InChI=1S/2C21H28N2O2.2C21H26N2O2/c4*1-4-17-20(24)10-7-11-21(17)25-14-16-8-5-6-9-18(16)19-12-13-22-23(19)15(2)3/h2*4,7,10-13,15-16,18,24H,1,5-6,8-9,14H2,2-3H3;2*4,7,10-13,15,24H,1,5-6,8-9,14H2,2-3H3. The van der Waals surface area contributed by atoms with Crippen molar-refractivity contribution in [2.75, 3.05) is 26.4 Å². The summed E-state index contributed by atoms with van der Waals surface area (Å²) in [6.07, 6.45) is 32.8. The molecular weight excluding hydrogens is 1250 g/mol. The molecule has 2 saturated carbocycles. The van der Waals surface area contributed by atoms with Gasteiger partial charge in [0.25, 0.3) is 0 Å². The molecule has 0 saturated heterocycles. The van der Waals surface area contributed by atoms with Crippen LogP contribution >= 0.6 is 0 Å². The fourth-order valence-corrected chi connectivity index (χ4v) is 14.7. The lowest BCUT2D eigenvalue weighted by molar-refractivity contribution is 0.180. The second-order valence-electron chi connectivity index (χ2n) is 27.8. The number of hydrogen-bond donors (Lipinski definition) is 4. The van der Waals surface area contributed by atoms with Gasteiger partial charge in [0, 0.05) is 84.0 Å². The molecule has 100 heavy (non-hydrogen) atoms. The number of phenols is 4. The summed E-state index contributed by atoms with van der Waals surface area (Å²) in [5.41, 5.74) is 13.0. The number of rotatable bonds is 24. The average molecular weight is 1360 g/mol. The van der Waals surface area contributed by atoms with E-state index in [0.717, 1.165) is 38.5 Å². The highest BCUT2D eigenvalue weighted by Gasteiger charge is 2.32. The summed E-state index contributed by atoms with van der Waals surface area (Å²) in [4.78, 5) is 0. The molecule has 0 aliphatic heterocycles. The van der Waals surface area contributed by atoms with Gasteiger partial charge in [0.2, 0.25) is 0 Å². The molecule has 0 bridgehead atoms. The Morgan fingerprint density at radius 3 is 1.01 bits per heavy atom. The smallest absolute Gasteiger partial charge is 0.130 e. The molecule has 4 aliphatic rings. The summed E-state index contributed by atoms with van der Waals surface area (Å²) >= 11 is 0. The Kier molecular flexibility index (Phi) is 27.4. The number of nitrogens with zero attached hydrogens (tertiary/aromatic N) is 8. The molecule has 8 aromatic rings. The van der Waals surface area contributed by atoms with Crippen molar-refractivity contribution in [3.63, 3.8) is 0 Å². The highest BCUT2D eigenvalue weighted by atomic mass is 16.5. The van der Waals surface area contributed by atoms with E-state index in [9.17, 15) is 20.4 Å². The first-order chi connectivity index (χ1) is 48.5. The van der Waals surface area contributed by atoms with Gasteiger partial charge in [0.1, 0.15) is 59.2 Å². The van der Waals surface area contributed by atoms with Crippen LogP contribution in [0.4, 0.5) is 0 Å². The SMILES string of the molecule is C=Cc1c(O)cccc1OCC1=C(c2ccnn2C(C)C)CCCC1.C=Cc1c(O)cccc1OCC1=C(c2ccnn2C(C)C)CCCC1.C=Cc1c(O)cccc1OCC1CCCCC1c1ccnn1C(C)C.C=Cc1c(O)cccc1OCC1CCCCC1c1ccnn1C(C)C. The van der Waals surface area contributed by atoms with E-state index < -0.39 is 0 Å². The molecule has 4 aliphatic carbocycles. The maximum Gasteiger partial charge on any atom is 0.130 e. The van der Waals surface area contributed by atoms with Gasteiger partial charge in [0.05, 0.1) is 46.9 Å². The van der Waals surface area contributed by atoms with Crippen molar-refractivity contribution in [1.82, 2.24) is 39.1 Å². The van der Waals surface area contributed by atoms with E-state index in [-0.39, 0.29) is 23.0 Å². The minimum absolute atomic E-state index is 0.197. The number of phenolic OH excluding ortho intramolecular Hbond substituents is 4. The van der Waals surface area contributed by atoms with Crippen LogP contribution in [0.5, 0.6) is 46.0 Å². The van der Waals surface area contributed by atoms with Crippen LogP contribution < -0.4 is 18.9 Å². The minimum atomic E-state index is 0.197. The summed E-state index contributed by atoms with van der Waals surface area (Å²) in [5, 5.41) is 57.8. The molecule has 532 valence electrons. The first-order valence-electron chi connectivity index (χ1n) is 36.3. The lowest BCUT2D eigenvalue weighted by Crippen LogP contribution is -2.26. The molecule has 4 unspecified atom stereocenters. The van der Waals surface area contributed by atoms with Gasteiger partial charge in [-0.25, -0.2) is 0 Å². The second-order valence-corrected chi connectivity index (χ2v) is 27.8. The Hall–Kier alpha value is -9.44. The summed E-state index contributed by atoms with van der Waals surface area (Å²) in [7, 11) is 0. The largest absolute Gasteiger partial charge is 0.507 e. The van der Waals surface area contributed by atoms with Crippen molar-refractivity contribution in [3.8, 4) is 46.0 Å². The molecule has 0 amide bonds. The predicted molar refractivity (Wildman–Crippen MR) is 405 cm³/mol.